The lowest BCUT2D eigenvalue weighted by Crippen LogP contribution is -2.28. The number of anilines is 1. The molecule has 1 fully saturated rings. The molecule has 0 unspecified atom stereocenters. The monoisotopic (exact) mass is 268 g/mol. The zero-order valence-electron chi connectivity index (χ0n) is 10.6. The molecule has 19 heavy (non-hydrogen) atoms. The van der Waals surface area contributed by atoms with Gasteiger partial charge in [-0.3, -0.25) is 10.1 Å². The lowest BCUT2D eigenvalue weighted by Gasteiger charge is -2.26. The smallest absolute Gasteiger partial charge is 0.372 e. The summed E-state index contributed by atoms with van der Waals surface area (Å²) in [6, 6.07) is 0.0710. The first-order valence-electron chi connectivity index (χ1n) is 6.09. The molecule has 0 radical (unpaired) electrons. The van der Waals surface area contributed by atoms with Gasteiger partial charge in [-0.25, -0.2) is 4.98 Å². The van der Waals surface area contributed by atoms with Gasteiger partial charge in [0.1, 0.15) is 6.33 Å². The normalized spacial score (nSPS) is 22.8. The third-order valence-corrected chi connectivity index (χ3v) is 3.20. The molecule has 1 heterocycles. The zero-order valence-corrected chi connectivity index (χ0v) is 10.6. The Balaban J connectivity index is 2.17. The van der Waals surface area contributed by atoms with Crippen molar-refractivity contribution in [3.63, 3.8) is 0 Å². The average Bonchev–Trinajstić information content (AvgIpc) is 2.40. The van der Waals surface area contributed by atoms with Crippen molar-refractivity contribution in [2.45, 2.75) is 37.8 Å². The van der Waals surface area contributed by atoms with Crippen LogP contribution in [0.25, 0.3) is 0 Å². The highest BCUT2D eigenvalue weighted by atomic mass is 16.6. The Morgan fingerprint density at radius 3 is 2.68 bits per heavy atom. The molecular weight excluding hydrogens is 252 g/mol. The highest BCUT2D eigenvalue weighted by Crippen LogP contribution is 2.32. The Labute approximate surface area is 110 Å². The molecule has 0 atom stereocenters. The molecule has 0 saturated heterocycles. The van der Waals surface area contributed by atoms with Gasteiger partial charge in [0.25, 0.3) is 5.88 Å². The molecular formula is C11H16N4O4. The maximum atomic E-state index is 11.1. The Morgan fingerprint density at radius 1 is 1.42 bits per heavy atom. The number of ether oxygens (including phenoxy) is 1. The van der Waals surface area contributed by atoms with Gasteiger partial charge in [0.05, 0.1) is 18.1 Å². The molecule has 2 N–H and O–H groups in total. The van der Waals surface area contributed by atoms with E-state index in [1.807, 2.05) is 0 Å². The summed E-state index contributed by atoms with van der Waals surface area (Å²) in [6.45, 7) is 0. The number of nitro groups is 1. The van der Waals surface area contributed by atoms with Gasteiger partial charge in [-0.05, 0) is 25.7 Å². The van der Waals surface area contributed by atoms with Crippen molar-refractivity contribution in [3.8, 4) is 5.88 Å². The minimum atomic E-state index is -0.557. The predicted molar refractivity (Wildman–Crippen MR) is 67.1 cm³/mol. The largest absolute Gasteiger partial charge is 0.476 e. The van der Waals surface area contributed by atoms with Crippen LogP contribution in [0.15, 0.2) is 6.33 Å². The molecule has 1 aromatic heterocycles. The number of aliphatic hydroxyl groups excluding tert-OH is 1. The summed E-state index contributed by atoms with van der Waals surface area (Å²) in [5.74, 6) is 0.108. The van der Waals surface area contributed by atoms with Crippen LogP contribution in [0, 0.1) is 10.1 Å². The number of aliphatic hydroxyl groups is 1. The lowest BCUT2D eigenvalue weighted by atomic mass is 9.93. The lowest BCUT2D eigenvalue weighted by molar-refractivity contribution is -0.385. The van der Waals surface area contributed by atoms with E-state index in [0.717, 1.165) is 12.8 Å². The Kier molecular flexibility index (Phi) is 4.10. The highest BCUT2D eigenvalue weighted by molar-refractivity contribution is 5.61. The third kappa shape index (κ3) is 3.08. The summed E-state index contributed by atoms with van der Waals surface area (Å²) in [5, 5.41) is 23.5. The van der Waals surface area contributed by atoms with E-state index in [0.29, 0.717) is 12.8 Å². The molecule has 8 heteroatoms. The third-order valence-electron chi connectivity index (χ3n) is 3.20. The molecule has 0 bridgehead atoms. The Morgan fingerprint density at radius 2 is 2.11 bits per heavy atom. The molecule has 0 spiro atoms. The number of hydrogen-bond donors (Lipinski definition) is 2. The van der Waals surface area contributed by atoms with Gasteiger partial charge in [0.15, 0.2) is 0 Å². The quantitative estimate of drug-likeness (QED) is 0.621. The van der Waals surface area contributed by atoms with Crippen LogP contribution in [-0.4, -0.2) is 39.3 Å². The molecule has 1 aliphatic carbocycles. The van der Waals surface area contributed by atoms with Crippen LogP contribution in [0.5, 0.6) is 5.88 Å². The standard InChI is InChI=1S/C11H16N4O4/c1-19-11-9(15(17)18)10(12-6-13-11)14-7-2-4-8(16)5-3-7/h6-8,16H,2-5H2,1H3,(H,12,13,14). The van der Waals surface area contributed by atoms with Crippen LogP contribution in [0.3, 0.4) is 0 Å². The second-order valence-corrected chi connectivity index (χ2v) is 4.49. The van der Waals surface area contributed by atoms with Crippen molar-refractivity contribution in [2.24, 2.45) is 0 Å². The van der Waals surface area contributed by atoms with Gasteiger partial charge in [-0.2, -0.15) is 4.98 Å². The number of methoxy groups -OCH3 is 1. The number of rotatable bonds is 4. The molecule has 0 aliphatic heterocycles. The minimum absolute atomic E-state index is 0.0571. The maximum Gasteiger partial charge on any atom is 0.372 e. The summed E-state index contributed by atoms with van der Waals surface area (Å²) in [5.41, 5.74) is -0.254. The summed E-state index contributed by atoms with van der Waals surface area (Å²) in [7, 11) is 1.33. The first-order valence-corrected chi connectivity index (χ1v) is 6.09. The van der Waals surface area contributed by atoms with Crippen LogP contribution in [-0.2, 0) is 0 Å². The number of hydrogen-bond acceptors (Lipinski definition) is 7. The molecule has 0 aromatic carbocycles. The molecule has 0 amide bonds. The van der Waals surface area contributed by atoms with E-state index in [4.69, 9.17) is 4.74 Å². The Hall–Kier alpha value is -1.96. The van der Waals surface area contributed by atoms with Gasteiger partial charge in [0, 0.05) is 6.04 Å². The number of nitrogens with one attached hydrogen (secondary N) is 1. The van der Waals surface area contributed by atoms with Gasteiger partial charge >= 0.3 is 5.69 Å². The average molecular weight is 268 g/mol. The van der Waals surface area contributed by atoms with E-state index in [9.17, 15) is 15.2 Å². The second kappa shape index (κ2) is 5.79. The molecule has 8 nitrogen and oxygen atoms in total. The van der Waals surface area contributed by atoms with Crippen molar-refractivity contribution in [1.29, 1.82) is 0 Å². The van der Waals surface area contributed by atoms with Crippen molar-refractivity contribution < 1.29 is 14.8 Å². The van der Waals surface area contributed by atoms with Crippen LogP contribution >= 0.6 is 0 Å². The van der Waals surface area contributed by atoms with E-state index in [2.05, 4.69) is 15.3 Å². The molecule has 2 rings (SSSR count). The van der Waals surface area contributed by atoms with Crippen LogP contribution < -0.4 is 10.1 Å². The topological polar surface area (TPSA) is 110 Å². The van der Waals surface area contributed by atoms with Crippen LogP contribution in [0.2, 0.25) is 0 Å². The molecule has 104 valence electrons. The fourth-order valence-corrected chi connectivity index (χ4v) is 2.20. The summed E-state index contributed by atoms with van der Waals surface area (Å²) in [6.07, 6.45) is 3.84. The fraction of sp³-hybridized carbons (Fsp3) is 0.636. The van der Waals surface area contributed by atoms with Crippen molar-refractivity contribution in [3.05, 3.63) is 16.4 Å². The highest BCUT2D eigenvalue weighted by Gasteiger charge is 2.27. The van der Waals surface area contributed by atoms with E-state index in [-0.39, 0.29) is 29.5 Å². The van der Waals surface area contributed by atoms with Gasteiger partial charge in [-0.15, -0.1) is 0 Å². The first kappa shape index (κ1) is 13.5. The molecule has 1 saturated carbocycles. The van der Waals surface area contributed by atoms with E-state index in [1.165, 1.54) is 13.4 Å². The zero-order chi connectivity index (χ0) is 13.8. The van der Waals surface area contributed by atoms with Crippen molar-refractivity contribution in [2.75, 3.05) is 12.4 Å². The van der Waals surface area contributed by atoms with Gasteiger partial charge < -0.3 is 15.2 Å². The summed E-state index contributed by atoms with van der Waals surface area (Å²) in [4.78, 5) is 18.1. The molecule has 1 aromatic rings. The van der Waals surface area contributed by atoms with Gasteiger partial charge in [0.2, 0.25) is 5.82 Å². The van der Waals surface area contributed by atoms with E-state index < -0.39 is 4.92 Å². The molecule has 1 aliphatic rings. The number of nitrogens with zero attached hydrogens (tertiary/aromatic N) is 3. The van der Waals surface area contributed by atoms with E-state index >= 15 is 0 Å². The van der Waals surface area contributed by atoms with Crippen LogP contribution in [0.1, 0.15) is 25.7 Å². The van der Waals surface area contributed by atoms with E-state index in [1.54, 1.807) is 0 Å². The fourth-order valence-electron chi connectivity index (χ4n) is 2.20. The Bertz CT molecular complexity index is 460. The predicted octanol–water partition coefficient (Wildman–Crippen LogP) is 1.11. The summed E-state index contributed by atoms with van der Waals surface area (Å²) < 4.78 is 4.88. The first-order chi connectivity index (χ1) is 9.11. The van der Waals surface area contributed by atoms with Crippen molar-refractivity contribution >= 4 is 11.5 Å². The summed E-state index contributed by atoms with van der Waals surface area (Å²) >= 11 is 0. The second-order valence-electron chi connectivity index (χ2n) is 4.49. The van der Waals surface area contributed by atoms with Gasteiger partial charge in [-0.1, -0.05) is 0 Å². The minimum Gasteiger partial charge on any atom is -0.476 e. The number of aromatic nitrogens is 2. The van der Waals surface area contributed by atoms with Crippen molar-refractivity contribution in [1.82, 2.24) is 9.97 Å². The maximum absolute atomic E-state index is 11.1. The SMILES string of the molecule is COc1ncnc(NC2CCC(O)CC2)c1[N+](=O)[O-]. The van der Waals surface area contributed by atoms with Crippen LogP contribution in [0.4, 0.5) is 11.5 Å².